The summed E-state index contributed by atoms with van der Waals surface area (Å²) in [5, 5.41) is 0. The predicted octanol–water partition coefficient (Wildman–Crippen LogP) is 3.89. The topological polar surface area (TPSA) is 70.8 Å². The van der Waals surface area contributed by atoms with E-state index < -0.39 is 8.80 Å². The molecule has 0 radical (unpaired) electrons. The second-order valence-electron chi connectivity index (χ2n) is 6.20. The van der Waals surface area contributed by atoms with E-state index in [9.17, 15) is 4.79 Å². The van der Waals surface area contributed by atoms with Gasteiger partial charge < -0.3 is 19.0 Å². The molecule has 0 aromatic carbocycles. The number of carbonyl (C=O) groups is 1. The van der Waals surface area contributed by atoms with Gasteiger partial charge >= 0.3 is 8.80 Å². The third kappa shape index (κ3) is 10.1. The number of carbonyl (C=O) groups excluding carboxylic acids is 1. The Hall–Kier alpha value is -0.433. The van der Waals surface area contributed by atoms with Crippen LogP contribution < -0.4 is 5.73 Å². The van der Waals surface area contributed by atoms with Crippen LogP contribution in [0.4, 0.5) is 0 Å². The molecule has 0 aliphatic carbocycles. The molecular formula is C17H37NO4Si. The fourth-order valence-electron chi connectivity index (χ4n) is 2.90. The van der Waals surface area contributed by atoms with E-state index in [1.54, 1.807) is 21.3 Å². The van der Waals surface area contributed by atoms with Gasteiger partial charge in [0.2, 0.25) is 5.91 Å². The number of hydrogen-bond donors (Lipinski definition) is 1. The lowest BCUT2D eigenvalue weighted by Gasteiger charge is -2.24. The van der Waals surface area contributed by atoms with E-state index in [0.717, 1.165) is 31.7 Å². The molecule has 1 atom stereocenters. The van der Waals surface area contributed by atoms with E-state index in [1.807, 2.05) is 0 Å². The highest BCUT2D eigenvalue weighted by Gasteiger charge is 2.37. The zero-order valence-corrected chi connectivity index (χ0v) is 16.6. The van der Waals surface area contributed by atoms with Gasteiger partial charge in [0, 0.05) is 33.3 Å². The predicted molar refractivity (Wildman–Crippen MR) is 96.1 cm³/mol. The number of nitrogens with two attached hydrogens (primary N) is 1. The first kappa shape index (κ1) is 22.6. The van der Waals surface area contributed by atoms with Crippen LogP contribution in [-0.4, -0.2) is 36.0 Å². The monoisotopic (exact) mass is 347 g/mol. The third-order valence-corrected chi connectivity index (χ3v) is 7.36. The van der Waals surface area contributed by atoms with E-state index in [2.05, 4.69) is 6.92 Å². The van der Waals surface area contributed by atoms with E-state index in [-0.39, 0.29) is 11.8 Å². The van der Waals surface area contributed by atoms with E-state index >= 15 is 0 Å². The highest BCUT2D eigenvalue weighted by molar-refractivity contribution is 6.60. The molecule has 0 heterocycles. The molecule has 0 saturated heterocycles. The van der Waals surface area contributed by atoms with Gasteiger partial charge in [0.1, 0.15) is 0 Å². The summed E-state index contributed by atoms with van der Waals surface area (Å²) >= 11 is 0. The smallest absolute Gasteiger partial charge is 0.377 e. The van der Waals surface area contributed by atoms with Crippen LogP contribution in [0.15, 0.2) is 0 Å². The number of primary amides is 1. The van der Waals surface area contributed by atoms with Crippen molar-refractivity contribution in [3.63, 3.8) is 0 Å². The second-order valence-corrected chi connectivity index (χ2v) is 9.29. The Labute approximate surface area is 143 Å². The van der Waals surface area contributed by atoms with Crippen LogP contribution in [0.5, 0.6) is 0 Å². The first-order valence-corrected chi connectivity index (χ1v) is 10.9. The minimum Gasteiger partial charge on any atom is -0.377 e. The summed E-state index contributed by atoms with van der Waals surface area (Å²) in [6, 6.07) is 0.720. The Morgan fingerprint density at radius 1 is 0.870 bits per heavy atom. The molecule has 0 aromatic heterocycles. The summed E-state index contributed by atoms with van der Waals surface area (Å²) in [5.74, 6) is -0.224. The van der Waals surface area contributed by atoms with Crippen molar-refractivity contribution in [2.75, 3.05) is 21.3 Å². The molecule has 0 aromatic rings. The van der Waals surface area contributed by atoms with Gasteiger partial charge in [0.15, 0.2) is 0 Å². The van der Waals surface area contributed by atoms with Crippen molar-refractivity contribution < 1.29 is 18.1 Å². The van der Waals surface area contributed by atoms with Crippen LogP contribution in [0, 0.1) is 5.92 Å². The first-order valence-electron chi connectivity index (χ1n) is 9.00. The molecule has 0 aliphatic heterocycles. The normalized spacial score (nSPS) is 13.2. The maximum Gasteiger partial charge on any atom is 0.500 e. The Balaban J connectivity index is 3.97. The minimum atomic E-state index is -2.53. The maximum atomic E-state index is 11.6. The van der Waals surface area contributed by atoms with Crippen molar-refractivity contribution in [3.05, 3.63) is 0 Å². The van der Waals surface area contributed by atoms with Crippen LogP contribution in [0.3, 0.4) is 0 Å². The second kappa shape index (κ2) is 14.0. The van der Waals surface area contributed by atoms with Crippen molar-refractivity contribution in [2.45, 2.75) is 77.2 Å². The van der Waals surface area contributed by atoms with Gasteiger partial charge in [0.05, 0.1) is 0 Å². The van der Waals surface area contributed by atoms with Gasteiger partial charge in [-0.2, -0.15) is 0 Å². The summed E-state index contributed by atoms with van der Waals surface area (Å²) < 4.78 is 16.2. The SMILES string of the molecule is CCCCCCCCCC(CCC[Si](OC)(OC)OC)C(N)=O. The molecular weight excluding hydrogens is 310 g/mol. The van der Waals surface area contributed by atoms with Crippen LogP contribution in [0.25, 0.3) is 0 Å². The highest BCUT2D eigenvalue weighted by Crippen LogP contribution is 2.22. The molecule has 138 valence electrons. The average molecular weight is 348 g/mol. The summed E-state index contributed by atoms with van der Waals surface area (Å²) in [6.45, 7) is 2.23. The lowest BCUT2D eigenvalue weighted by atomic mass is 9.95. The van der Waals surface area contributed by atoms with Crippen LogP contribution in [0.1, 0.15) is 71.1 Å². The Morgan fingerprint density at radius 2 is 1.35 bits per heavy atom. The summed E-state index contributed by atoms with van der Waals surface area (Å²) in [4.78, 5) is 11.6. The van der Waals surface area contributed by atoms with Crippen molar-refractivity contribution in [2.24, 2.45) is 11.7 Å². The maximum absolute atomic E-state index is 11.6. The Morgan fingerprint density at radius 3 is 1.83 bits per heavy atom. The van der Waals surface area contributed by atoms with Crippen molar-refractivity contribution in [3.8, 4) is 0 Å². The zero-order chi connectivity index (χ0) is 17.6. The first-order chi connectivity index (χ1) is 11.0. The Bertz CT molecular complexity index is 290. The summed E-state index contributed by atoms with van der Waals surface area (Å²) in [5.41, 5.74) is 5.54. The number of amides is 1. The van der Waals surface area contributed by atoms with Gasteiger partial charge in [-0.1, -0.05) is 51.9 Å². The zero-order valence-electron chi connectivity index (χ0n) is 15.6. The van der Waals surface area contributed by atoms with Crippen molar-refractivity contribution >= 4 is 14.7 Å². The molecule has 23 heavy (non-hydrogen) atoms. The van der Waals surface area contributed by atoms with Crippen LogP contribution >= 0.6 is 0 Å². The molecule has 0 bridgehead atoms. The largest absolute Gasteiger partial charge is 0.500 e. The van der Waals surface area contributed by atoms with E-state index in [1.165, 1.54) is 38.5 Å². The standard InChI is InChI=1S/C17H37NO4Si/c1-5-6-7-8-9-10-11-13-16(17(18)19)14-12-15-23(20-2,21-3)22-4/h16H,5-15H2,1-4H3,(H2,18,19). The molecule has 0 fully saturated rings. The fourth-order valence-corrected chi connectivity index (χ4v) is 4.65. The lowest BCUT2D eigenvalue weighted by molar-refractivity contribution is -0.122. The van der Waals surface area contributed by atoms with E-state index in [4.69, 9.17) is 19.0 Å². The Kier molecular flexibility index (Phi) is 13.7. The average Bonchev–Trinajstić information content (AvgIpc) is 2.56. The summed E-state index contributed by atoms with van der Waals surface area (Å²) in [7, 11) is 2.32. The molecule has 1 unspecified atom stereocenters. The molecule has 0 spiro atoms. The summed E-state index contributed by atoms with van der Waals surface area (Å²) in [6.07, 6.45) is 11.3. The van der Waals surface area contributed by atoms with Gasteiger partial charge in [0.25, 0.3) is 0 Å². The van der Waals surface area contributed by atoms with Crippen molar-refractivity contribution in [1.29, 1.82) is 0 Å². The third-order valence-electron chi connectivity index (χ3n) is 4.53. The van der Waals surface area contributed by atoms with Gasteiger partial charge in [-0.05, 0) is 19.3 Å². The minimum absolute atomic E-state index is 0.0390. The fraction of sp³-hybridized carbons (Fsp3) is 0.941. The van der Waals surface area contributed by atoms with Crippen molar-refractivity contribution in [1.82, 2.24) is 0 Å². The molecule has 2 N–H and O–H groups in total. The molecule has 5 nitrogen and oxygen atoms in total. The number of rotatable bonds is 16. The highest BCUT2D eigenvalue weighted by atomic mass is 28.4. The number of hydrogen-bond acceptors (Lipinski definition) is 4. The van der Waals surface area contributed by atoms with Gasteiger partial charge in [-0.15, -0.1) is 0 Å². The van der Waals surface area contributed by atoms with Crippen LogP contribution in [-0.2, 0) is 18.1 Å². The lowest BCUT2D eigenvalue weighted by Crippen LogP contribution is -2.42. The molecule has 6 heteroatoms. The quantitative estimate of drug-likeness (QED) is 0.340. The van der Waals surface area contributed by atoms with Crippen LogP contribution in [0.2, 0.25) is 6.04 Å². The molecule has 0 aliphatic rings. The van der Waals surface area contributed by atoms with Gasteiger partial charge in [-0.3, -0.25) is 4.79 Å². The molecule has 1 amide bonds. The number of unbranched alkanes of at least 4 members (excludes halogenated alkanes) is 6. The molecule has 0 saturated carbocycles. The van der Waals surface area contributed by atoms with Gasteiger partial charge in [-0.25, -0.2) is 0 Å². The van der Waals surface area contributed by atoms with E-state index in [0.29, 0.717) is 0 Å². The molecule has 0 rings (SSSR count).